The lowest BCUT2D eigenvalue weighted by atomic mass is 10.1. The minimum absolute atomic E-state index is 0.0990. The number of hydrogen-bond donors (Lipinski definition) is 1. The molecular formula is C16H23FN2O2. The fourth-order valence-corrected chi connectivity index (χ4v) is 1.99. The molecule has 1 rings (SSSR count). The molecule has 0 aliphatic heterocycles. The van der Waals surface area contributed by atoms with Crippen LogP contribution in [0.15, 0.2) is 24.3 Å². The fourth-order valence-electron chi connectivity index (χ4n) is 1.99. The number of carbonyl (C=O) groups is 2. The van der Waals surface area contributed by atoms with Crippen LogP contribution in [-0.2, 0) is 16.1 Å². The van der Waals surface area contributed by atoms with E-state index in [1.165, 1.54) is 17.0 Å². The lowest BCUT2D eigenvalue weighted by Gasteiger charge is -2.30. The highest BCUT2D eigenvalue weighted by Gasteiger charge is 2.27. The maximum atomic E-state index is 13.0. The van der Waals surface area contributed by atoms with Gasteiger partial charge in [-0.3, -0.25) is 9.59 Å². The maximum Gasteiger partial charge on any atom is 0.242 e. The Labute approximate surface area is 125 Å². The summed E-state index contributed by atoms with van der Waals surface area (Å²) in [5.41, 5.74) is 0.793. The number of nitrogens with one attached hydrogen (secondary N) is 1. The molecule has 1 N–H and O–H groups in total. The van der Waals surface area contributed by atoms with Gasteiger partial charge < -0.3 is 10.2 Å². The van der Waals surface area contributed by atoms with Gasteiger partial charge in [0, 0.05) is 19.0 Å². The van der Waals surface area contributed by atoms with Gasteiger partial charge in [0.05, 0.1) is 0 Å². The second kappa shape index (κ2) is 7.76. The molecule has 0 saturated heterocycles. The Balaban J connectivity index is 2.94. The van der Waals surface area contributed by atoms with E-state index in [1.807, 2.05) is 6.92 Å². The van der Waals surface area contributed by atoms with Crippen LogP contribution in [0.4, 0.5) is 4.39 Å². The SMILES string of the molecule is CCNC(=O)[C@@H](C)N(Cc1ccc(F)cc1)C(=O)C(C)C. The standard InChI is InChI=1S/C16H23FN2O2/c1-5-18-15(20)12(4)19(16(21)11(2)3)10-13-6-8-14(17)9-7-13/h6-9,11-12H,5,10H2,1-4H3,(H,18,20)/t12-/m1/s1. The normalized spacial score (nSPS) is 12.1. The molecule has 0 heterocycles. The first kappa shape index (κ1) is 17.1. The largest absolute Gasteiger partial charge is 0.355 e. The lowest BCUT2D eigenvalue weighted by Crippen LogP contribution is -2.48. The summed E-state index contributed by atoms with van der Waals surface area (Å²) < 4.78 is 13.0. The van der Waals surface area contributed by atoms with Crippen LogP contribution in [0.25, 0.3) is 0 Å². The third-order valence-electron chi connectivity index (χ3n) is 3.24. The van der Waals surface area contributed by atoms with Gasteiger partial charge in [0.1, 0.15) is 11.9 Å². The van der Waals surface area contributed by atoms with E-state index < -0.39 is 6.04 Å². The van der Waals surface area contributed by atoms with E-state index in [1.54, 1.807) is 32.9 Å². The van der Waals surface area contributed by atoms with Gasteiger partial charge in [-0.05, 0) is 31.5 Å². The van der Waals surface area contributed by atoms with Crippen molar-refractivity contribution in [1.82, 2.24) is 10.2 Å². The van der Waals surface area contributed by atoms with Crippen LogP contribution in [0.3, 0.4) is 0 Å². The minimum Gasteiger partial charge on any atom is -0.355 e. The van der Waals surface area contributed by atoms with E-state index in [9.17, 15) is 14.0 Å². The van der Waals surface area contributed by atoms with Crippen LogP contribution in [0, 0.1) is 11.7 Å². The van der Waals surface area contributed by atoms with Crippen molar-refractivity contribution in [2.24, 2.45) is 5.92 Å². The molecule has 116 valence electrons. The minimum atomic E-state index is -0.565. The van der Waals surface area contributed by atoms with E-state index in [2.05, 4.69) is 5.32 Å². The van der Waals surface area contributed by atoms with Crippen LogP contribution in [-0.4, -0.2) is 29.3 Å². The number of halogens is 1. The Morgan fingerprint density at radius 2 is 1.76 bits per heavy atom. The number of benzene rings is 1. The zero-order chi connectivity index (χ0) is 16.0. The van der Waals surface area contributed by atoms with Crippen molar-refractivity contribution >= 4 is 11.8 Å². The van der Waals surface area contributed by atoms with Crippen molar-refractivity contribution in [2.45, 2.75) is 40.3 Å². The van der Waals surface area contributed by atoms with E-state index in [4.69, 9.17) is 0 Å². The highest BCUT2D eigenvalue weighted by atomic mass is 19.1. The summed E-state index contributed by atoms with van der Waals surface area (Å²) in [5, 5.41) is 2.72. The predicted octanol–water partition coefficient (Wildman–Crippen LogP) is 2.33. The first-order valence-electron chi connectivity index (χ1n) is 7.19. The summed E-state index contributed by atoms with van der Waals surface area (Å²) in [7, 11) is 0. The predicted molar refractivity (Wildman–Crippen MR) is 79.9 cm³/mol. The van der Waals surface area contributed by atoms with Crippen molar-refractivity contribution < 1.29 is 14.0 Å². The van der Waals surface area contributed by atoms with Gasteiger partial charge in [-0.15, -0.1) is 0 Å². The van der Waals surface area contributed by atoms with Gasteiger partial charge in [0.2, 0.25) is 11.8 Å². The Hall–Kier alpha value is -1.91. The average molecular weight is 294 g/mol. The molecule has 4 nitrogen and oxygen atoms in total. The van der Waals surface area contributed by atoms with Crippen LogP contribution >= 0.6 is 0 Å². The Kier molecular flexibility index (Phi) is 6.34. The van der Waals surface area contributed by atoms with Crippen molar-refractivity contribution in [3.8, 4) is 0 Å². The molecule has 2 amide bonds. The van der Waals surface area contributed by atoms with Crippen LogP contribution in [0.1, 0.15) is 33.3 Å². The first-order valence-corrected chi connectivity index (χ1v) is 7.19. The van der Waals surface area contributed by atoms with Gasteiger partial charge in [-0.2, -0.15) is 0 Å². The molecule has 0 aliphatic carbocycles. The highest BCUT2D eigenvalue weighted by molar-refractivity contribution is 5.88. The molecule has 0 spiro atoms. The molecule has 21 heavy (non-hydrogen) atoms. The van der Waals surface area contributed by atoms with Gasteiger partial charge in [0.25, 0.3) is 0 Å². The topological polar surface area (TPSA) is 49.4 Å². The van der Waals surface area contributed by atoms with Crippen molar-refractivity contribution in [3.05, 3.63) is 35.6 Å². The second-order valence-corrected chi connectivity index (χ2v) is 5.32. The zero-order valence-electron chi connectivity index (χ0n) is 13.0. The first-order chi connectivity index (χ1) is 9.86. The molecule has 1 aromatic rings. The quantitative estimate of drug-likeness (QED) is 0.875. The summed E-state index contributed by atoms with van der Waals surface area (Å²) in [6.45, 7) is 7.93. The van der Waals surface area contributed by atoms with Crippen LogP contribution < -0.4 is 5.32 Å². The molecule has 1 aromatic carbocycles. The molecule has 0 fully saturated rings. The monoisotopic (exact) mass is 294 g/mol. The molecular weight excluding hydrogens is 271 g/mol. The average Bonchev–Trinajstić information content (AvgIpc) is 2.45. The Morgan fingerprint density at radius 3 is 2.24 bits per heavy atom. The lowest BCUT2D eigenvalue weighted by molar-refractivity contribution is -0.143. The molecule has 0 bridgehead atoms. The van der Waals surface area contributed by atoms with Gasteiger partial charge >= 0.3 is 0 Å². The summed E-state index contributed by atoms with van der Waals surface area (Å²) in [6, 6.07) is 5.39. The summed E-state index contributed by atoms with van der Waals surface area (Å²) in [4.78, 5) is 25.9. The smallest absolute Gasteiger partial charge is 0.242 e. The van der Waals surface area contributed by atoms with E-state index >= 15 is 0 Å². The zero-order valence-corrected chi connectivity index (χ0v) is 13.0. The van der Waals surface area contributed by atoms with Gasteiger partial charge in [-0.1, -0.05) is 26.0 Å². The van der Waals surface area contributed by atoms with Crippen molar-refractivity contribution in [1.29, 1.82) is 0 Å². The second-order valence-electron chi connectivity index (χ2n) is 5.32. The summed E-state index contributed by atoms with van der Waals surface area (Å²) in [5.74, 6) is -0.814. The molecule has 0 saturated carbocycles. The number of likely N-dealkylation sites (N-methyl/N-ethyl adjacent to an activating group) is 1. The van der Waals surface area contributed by atoms with E-state index in [-0.39, 0.29) is 30.1 Å². The van der Waals surface area contributed by atoms with Gasteiger partial charge in [0.15, 0.2) is 0 Å². The van der Waals surface area contributed by atoms with E-state index in [0.29, 0.717) is 6.54 Å². The number of carbonyl (C=O) groups excluding carboxylic acids is 2. The molecule has 1 atom stereocenters. The molecule has 0 aliphatic rings. The number of rotatable bonds is 6. The fraction of sp³-hybridized carbons (Fsp3) is 0.500. The van der Waals surface area contributed by atoms with Crippen molar-refractivity contribution in [2.75, 3.05) is 6.54 Å². The van der Waals surface area contributed by atoms with Crippen LogP contribution in [0.5, 0.6) is 0 Å². The maximum absolute atomic E-state index is 13.0. The van der Waals surface area contributed by atoms with Crippen molar-refractivity contribution in [3.63, 3.8) is 0 Å². The number of amides is 2. The van der Waals surface area contributed by atoms with Crippen LogP contribution in [0.2, 0.25) is 0 Å². The number of nitrogens with zero attached hydrogens (tertiary/aromatic N) is 1. The Morgan fingerprint density at radius 1 is 1.19 bits per heavy atom. The summed E-state index contributed by atoms with van der Waals surface area (Å²) in [6.07, 6.45) is 0. The summed E-state index contributed by atoms with van der Waals surface area (Å²) >= 11 is 0. The molecule has 0 aromatic heterocycles. The van der Waals surface area contributed by atoms with Gasteiger partial charge in [-0.25, -0.2) is 4.39 Å². The molecule has 0 radical (unpaired) electrons. The number of hydrogen-bond acceptors (Lipinski definition) is 2. The Bertz CT molecular complexity index is 486. The van der Waals surface area contributed by atoms with E-state index in [0.717, 1.165) is 5.56 Å². The third-order valence-corrected chi connectivity index (χ3v) is 3.24. The molecule has 5 heteroatoms. The molecule has 0 unspecified atom stereocenters. The highest BCUT2D eigenvalue weighted by Crippen LogP contribution is 2.13. The third kappa shape index (κ3) is 4.85.